The summed E-state index contributed by atoms with van der Waals surface area (Å²) in [6.45, 7) is 0. The van der Waals surface area contributed by atoms with Gasteiger partial charge in [-0.2, -0.15) is 0 Å². The Kier molecular flexibility index (Phi) is 3.55. The molecule has 2 heteroatoms. The maximum atomic E-state index is 6.56. The van der Waals surface area contributed by atoms with Crippen molar-refractivity contribution in [2.75, 3.05) is 0 Å². The third kappa shape index (κ3) is 2.53. The Bertz CT molecular complexity index is 506. The summed E-state index contributed by atoms with van der Waals surface area (Å²) < 4.78 is 6.49. The molecule has 1 saturated carbocycles. The van der Waals surface area contributed by atoms with Crippen LogP contribution in [0.5, 0.6) is 0 Å². The number of rotatable bonds is 2. The Morgan fingerprint density at radius 1 is 1.10 bits per heavy atom. The summed E-state index contributed by atoms with van der Waals surface area (Å²) >= 11 is 0. The third-order valence-electron chi connectivity index (χ3n) is 6.13. The Labute approximate surface area is 128 Å². The van der Waals surface area contributed by atoms with Crippen molar-refractivity contribution in [2.45, 2.75) is 75.5 Å². The summed E-state index contributed by atoms with van der Waals surface area (Å²) in [5, 5.41) is 0. The van der Waals surface area contributed by atoms with E-state index < -0.39 is 0 Å². The molecule has 114 valence electrons. The van der Waals surface area contributed by atoms with Gasteiger partial charge in [-0.15, -0.1) is 0 Å². The van der Waals surface area contributed by atoms with E-state index >= 15 is 0 Å². The fourth-order valence-electron chi connectivity index (χ4n) is 4.91. The van der Waals surface area contributed by atoms with Gasteiger partial charge in [-0.3, -0.25) is 0 Å². The highest BCUT2D eigenvalue weighted by atomic mass is 16.5. The van der Waals surface area contributed by atoms with E-state index in [9.17, 15) is 0 Å². The monoisotopic (exact) mass is 285 g/mol. The number of ether oxygens (including phenoxy) is 1. The molecule has 1 aromatic rings. The van der Waals surface area contributed by atoms with Crippen LogP contribution in [-0.2, 0) is 11.2 Å². The van der Waals surface area contributed by atoms with Crippen LogP contribution >= 0.6 is 0 Å². The minimum absolute atomic E-state index is 0.207. The second kappa shape index (κ2) is 5.40. The molecular formula is C19H27NO. The van der Waals surface area contributed by atoms with E-state index in [1.807, 2.05) is 0 Å². The molecule has 0 amide bonds. The van der Waals surface area contributed by atoms with Gasteiger partial charge in [-0.05, 0) is 62.0 Å². The molecule has 0 bridgehead atoms. The summed E-state index contributed by atoms with van der Waals surface area (Å²) in [5.41, 5.74) is 9.66. The van der Waals surface area contributed by atoms with Crippen LogP contribution in [0.2, 0.25) is 0 Å². The molecule has 0 radical (unpaired) electrons. The minimum Gasteiger partial charge on any atom is -0.372 e. The quantitative estimate of drug-likeness (QED) is 0.886. The summed E-state index contributed by atoms with van der Waals surface area (Å²) in [5.74, 6) is 0.599. The van der Waals surface area contributed by atoms with Gasteiger partial charge in [0.2, 0.25) is 0 Å². The zero-order valence-corrected chi connectivity index (χ0v) is 12.9. The number of hydrogen-bond donors (Lipinski definition) is 1. The fourth-order valence-corrected chi connectivity index (χ4v) is 4.91. The van der Waals surface area contributed by atoms with E-state index in [0.29, 0.717) is 12.0 Å². The molecule has 4 rings (SSSR count). The van der Waals surface area contributed by atoms with Gasteiger partial charge in [-0.1, -0.05) is 37.1 Å². The first-order chi connectivity index (χ1) is 10.3. The highest BCUT2D eigenvalue weighted by molar-refractivity contribution is 5.32. The molecule has 3 aliphatic rings. The molecule has 1 aromatic carbocycles. The van der Waals surface area contributed by atoms with Crippen LogP contribution in [-0.4, -0.2) is 11.7 Å². The van der Waals surface area contributed by atoms with Crippen LogP contribution in [0, 0.1) is 5.92 Å². The van der Waals surface area contributed by atoms with E-state index in [4.69, 9.17) is 10.5 Å². The van der Waals surface area contributed by atoms with Gasteiger partial charge in [0.1, 0.15) is 0 Å². The maximum Gasteiger partial charge on any atom is 0.0687 e. The Morgan fingerprint density at radius 2 is 1.90 bits per heavy atom. The summed E-state index contributed by atoms with van der Waals surface area (Å²) in [6.07, 6.45) is 11.9. The zero-order valence-electron chi connectivity index (χ0n) is 12.9. The van der Waals surface area contributed by atoms with Crippen molar-refractivity contribution in [2.24, 2.45) is 11.7 Å². The van der Waals surface area contributed by atoms with Gasteiger partial charge in [0, 0.05) is 6.04 Å². The topological polar surface area (TPSA) is 35.2 Å². The minimum atomic E-state index is 0.207. The standard InChI is InChI=1S/C19H27NO/c20-18-15(8-7-14-5-1-2-6-17(14)18)13-16-9-12-19(21-16)10-3-4-11-19/h1-2,5-6,15-16,18H,3-4,7-13,20H2. The SMILES string of the molecule is NC1c2ccccc2CCC1CC1CCC2(CCCC2)O1. The summed E-state index contributed by atoms with van der Waals surface area (Å²) in [6, 6.07) is 8.93. The van der Waals surface area contributed by atoms with E-state index in [-0.39, 0.29) is 11.6 Å². The van der Waals surface area contributed by atoms with Crippen molar-refractivity contribution in [1.82, 2.24) is 0 Å². The lowest BCUT2D eigenvalue weighted by Gasteiger charge is -2.33. The number of benzene rings is 1. The van der Waals surface area contributed by atoms with Crippen molar-refractivity contribution in [1.29, 1.82) is 0 Å². The number of aryl methyl sites for hydroxylation is 1. The second-order valence-corrected chi connectivity index (χ2v) is 7.43. The molecule has 2 N–H and O–H groups in total. The van der Waals surface area contributed by atoms with Crippen molar-refractivity contribution in [3.63, 3.8) is 0 Å². The lowest BCUT2D eigenvalue weighted by molar-refractivity contribution is -0.0460. The molecule has 1 saturated heterocycles. The second-order valence-electron chi connectivity index (χ2n) is 7.43. The molecule has 21 heavy (non-hydrogen) atoms. The molecule has 1 aliphatic heterocycles. The van der Waals surface area contributed by atoms with Gasteiger partial charge in [0.15, 0.2) is 0 Å². The van der Waals surface area contributed by atoms with Crippen molar-refractivity contribution >= 4 is 0 Å². The maximum absolute atomic E-state index is 6.56. The number of nitrogens with two attached hydrogens (primary N) is 1. The van der Waals surface area contributed by atoms with Crippen LogP contribution < -0.4 is 5.73 Å². The smallest absolute Gasteiger partial charge is 0.0687 e. The first kappa shape index (κ1) is 13.8. The van der Waals surface area contributed by atoms with Gasteiger partial charge >= 0.3 is 0 Å². The zero-order chi connectivity index (χ0) is 14.3. The molecule has 2 aliphatic carbocycles. The van der Waals surface area contributed by atoms with E-state index in [2.05, 4.69) is 24.3 Å². The summed E-state index contributed by atoms with van der Waals surface area (Å²) in [4.78, 5) is 0. The lowest BCUT2D eigenvalue weighted by atomic mass is 9.77. The molecular weight excluding hydrogens is 258 g/mol. The molecule has 1 heterocycles. The van der Waals surface area contributed by atoms with Crippen molar-refractivity contribution < 1.29 is 4.74 Å². The van der Waals surface area contributed by atoms with Gasteiger partial charge in [-0.25, -0.2) is 0 Å². The molecule has 0 aromatic heterocycles. The average molecular weight is 285 g/mol. The highest BCUT2D eigenvalue weighted by Gasteiger charge is 2.43. The Balaban J connectivity index is 1.42. The molecule has 2 nitrogen and oxygen atoms in total. The predicted octanol–water partition coefficient (Wildman–Crippen LogP) is 4.13. The van der Waals surface area contributed by atoms with Crippen molar-refractivity contribution in [3.05, 3.63) is 35.4 Å². The lowest BCUT2D eigenvalue weighted by Crippen LogP contribution is -2.31. The van der Waals surface area contributed by atoms with Crippen LogP contribution in [0.25, 0.3) is 0 Å². The third-order valence-corrected chi connectivity index (χ3v) is 6.13. The largest absolute Gasteiger partial charge is 0.372 e. The fraction of sp³-hybridized carbons (Fsp3) is 0.684. The van der Waals surface area contributed by atoms with Crippen molar-refractivity contribution in [3.8, 4) is 0 Å². The average Bonchev–Trinajstić information content (AvgIpc) is 3.13. The number of hydrogen-bond acceptors (Lipinski definition) is 2. The normalized spacial score (nSPS) is 34.2. The summed E-state index contributed by atoms with van der Waals surface area (Å²) in [7, 11) is 0. The predicted molar refractivity (Wildman–Crippen MR) is 85.1 cm³/mol. The van der Waals surface area contributed by atoms with Crippen LogP contribution in [0.4, 0.5) is 0 Å². The van der Waals surface area contributed by atoms with E-state index in [1.54, 1.807) is 0 Å². The van der Waals surface area contributed by atoms with Gasteiger partial charge in [0.05, 0.1) is 11.7 Å². The first-order valence-electron chi connectivity index (χ1n) is 8.77. The van der Waals surface area contributed by atoms with Crippen LogP contribution in [0.1, 0.15) is 68.5 Å². The number of fused-ring (bicyclic) bond motifs is 1. The molecule has 3 atom stereocenters. The molecule has 1 spiro atoms. The van der Waals surface area contributed by atoms with Gasteiger partial charge < -0.3 is 10.5 Å². The molecule has 3 unspecified atom stereocenters. The first-order valence-corrected chi connectivity index (χ1v) is 8.77. The highest BCUT2D eigenvalue weighted by Crippen LogP contribution is 2.46. The van der Waals surface area contributed by atoms with Gasteiger partial charge in [0.25, 0.3) is 0 Å². The molecule has 2 fully saturated rings. The van der Waals surface area contributed by atoms with Crippen LogP contribution in [0.15, 0.2) is 24.3 Å². The van der Waals surface area contributed by atoms with Crippen LogP contribution in [0.3, 0.4) is 0 Å². The Morgan fingerprint density at radius 3 is 2.76 bits per heavy atom. The van der Waals surface area contributed by atoms with E-state index in [1.165, 1.54) is 62.5 Å². The Hall–Kier alpha value is -0.860. The van der Waals surface area contributed by atoms with E-state index in [0.717, 1.165) is 6.42 Å².